The van der Waals surface area contributed by atoms with Crippen LogP contribution in [-0.2, 0) is 9.53 Å². The van der Waals surface area contributed by atoms with Gasteiger partial charge in [0.25, 0.3) is 0 Å². The number of aliphatic carboxylic acids is 1. The molecule has 2 fully saturated rings. The van der Waals surface area contributed by atoms with Crippen LogP contribution in [0.3, 0.4) is 0 Å². The number of hydrogen-bond acceptors (Lipinski definition) is 3. The zero-order valence-electron chi connectivity index (χ0n) is 14.5. The summed E-state index contributed by atoms with van der Waals surface area (Å²) in [7, 11) is 0. The molecule has 1 aromatic carbocycles. The number of benzene rings is 1. The van der Waals surface area contributed by atoms with E-state index in [0.29, 0.717) is 12.5 Å². The van der Waals surface area contributed by atoms with Gasteiger partial charge in [-0.3, -0.25) is 4.79 Å². The minimum absolute atomic E-state index is 0.191. The Bertz CT molecular complexity index is 628. The minimum atomic E-state index is -0.864. The average molecular weight is 331 g/mol. The van der Waals surface area contributed by atoms with Crippen LogP contribution in [-0.4, -0.2) is 40.8 Å². The van der Waals surface area contributed by atoms with Gasteiger partial charge in [0.1, 0.15) is 5.60 Å². The van der Waals surface area contributed by atoms with Crippen molar-refractivity contribution >= 4 is 12.1 Å². The Morgan fingerprint density at radius 2 is 1.67 bits per heavy atom. The van der Waals surface area contributed by atoms with E-state index in [9.17, 15) is 14.7 Å². The summed E-state index contributed by atoms with van der Waals surface area (Å²) in [4.78, 5) is 25.4. The first-order valence-corrected chi connectivity index (χ1v) is 8.55. The van der Waals surface area contributed by atoms with Gasteiger partial charge in [-0.15, -0.1) is 0 Å². The standard InChI is InChI=1S/C19H25NO4/c1-19(2,3)24-18(23)20-10-15(16(11-20)17(21)22)14-8-6-13(7-9-14)12-4-5-12/h6-9,12,15-16H,4-5,10-11H2,1-3H3,(H,21,22). The molecule has 1 saturated heterocycles. The maximum atomic E-state index is 12.3. The van der Waals surface area contributed by atoms with Crippen LogP contribution in [0.5, 0.6) is 0 Å². The third-order valence-electron chi connectivity index (χ3n) is 4.70. The molecule has 5 nitrogen and oxygen atoms in total. The van der Waals surface area contributed by atoms with E-state index in [2.05, 4.69) is 12.1 Å². The van der Waals surface area contributed by atoms with E-state index < -0.39 is 23.6 Å². The molecule has 130 valence electrons. The lowest BCUT2D eigenvalue weighted by atomic mass is 9.88. The lowest BCUT2D eigenvalue weighted by molar-refractivity contribution is -0.141. The highest BCUT2D eigenvalue weighted by atomic mass is 16.6. The van der Waals surface area contributed by atoms with Crippen molar-refractivity contribution in [2.45, 2.75) is 51.0 Å². The molecule has 1 aliphatic heterocycles. The van der Waals surface area contributed by atoms with Crippen molar-refractivity contribution in [3.8, 4) is 0 Å². The van der Waals surface area contributed by atoms with Crippen LogP contribution in [0.15, 0.2) is 24.3 Å². The Morgan fingerprint density at radius 1 is 1.08 bits per heavy atom. The number of likely N-dealkylation sites (tertiary alicyclic amines) is 1. The third-order valence-corrected chi connectivity index (χ3v) is 4.70. The highest BCUT2D eigenvalue weighted by Gasteiger charge is 2.41. The summed E-state index contributed by atoms with van der Waals surface area (Å²) in [5.41, 5.74) is 1.73. The molecular weight excluding hydrogens is 306 g/mol. The second-order valence-corrected chi connectivity index (χ2v) is 7.88. The van der Waals surface area contributed by atoms with Gasteiger partial charge in [-0.25, -0.2) is 4.79 Å². The van der Waals surface area contributed by atoms with Gasteiger partial charge in [0.2, 0.25) is 0 Å². The molecule has 2 unspecified atom stereocenters. The first-order valence-electron chi connectivity index (χ1n) is 8.55. The van der Waals surface area contributed by atoms with Crippen molar-refractivity contribution in [2.24, 2.45) is 5.92 Å². The summed E-state index contributed by atoms with van der Waals surface area (Å²) in [6.07, 6.45) is 2.05. The molecular formula is C19H25NO4. The predicted octanol–water partition coefficient (Wildman–Crippen LogP) is 3.60. The van der Waals surface area contributed by atoms with Crippen molar-refractivity contribution in [1.29, 1.82) is 0 Å². The molecule has 24 heavy (non-hydrogen) atoms. The molecule has 1 saturated carbocycles. The van der Waals surface area contributed by atoms with Gasteiger partial charge in [-0.1, -0.05) is 24.3 Å². The van der Waals surface area contributed by atoms with Gasteiger partial charge in [-0.05, 0) is 50.7 Å². The summed E-state index contributed by atoms with van der Waals surface area (Å²) >= 11 is 0. The van der Waals surface area contributed by atoms with E-state index in [4.69, 9.17) is 4.74 Å². The van der Waals surface area contributed by atoms with Gasteiger partial charge >= 0.3 is 12.1 Å². The lowest BCUT2D eigenvalue weighted by Crippen LogP contribution is -2.35. The summed E-state index contributed by atoms with van der Waals surface area (Å²) in [6, 6.07) is 8.24. The number of carboxylic acids is 1. The zero-order valence-corrected chi connectivity index (χ0v) is 14.5. The van der Waals surface area contributed by atoms with Crippen LogP contribution in [0.2, 0.25) is 0 Å². The topological polar surface area (TPSA) is 66.8 Å². The van der Waals surface area contributed by atoms with E-state index in [1.165, 1.54) is 23.3 Å². The van der Waals surface area contributed by atoms with E-state index in [0.717, 1.165) is 5.56 Å². The number of amides is 1. The number of rotatable bonds is 3. The van der Waals surface area contributed by atoms with E-state index in [-0.39, 0.29) is 12.5 Å². The van der Waals surface area contributed by atoms with E-state index in [1.54, 1.807) is 0 Å². The molecule has 0 bridgehead atoms. The molecule has 2 atom stereocenters. The van der Waals surface area contributed by atoms with Crippen LogP contribution in [0.1, 0.15) is 56.6 Å². The minimum Gasteiger partial charge on any atom is -0.481 e. The first kappa shape index (κ1) is 16.8. The van der Waals surface area contributed by atoms with E-state index in [1.807, 2.05) is 32.9 Å². The van der Waals surface area contributed by atoms with Crippen molar-refractivity contribution < 1.29 is 19.4 Å². The molecule has 0 aromatic heterocycles. The molecule has 2 aliphatic rings. The second-order valence-electron chi connectivity index (χ2n) is 7.88. The number of ether oxygens (including phenoxy) is 1. The molecule has 0 spiro atoms. The Balaban J connectivity index is 1.75. The summed E-state index contributed by atoms with van der Waals surface area (Å²) in [5, 5.41) is 9.55. The number of hydrogen-bond donors (Lipinski definition) is 1. The molecule has 1 heterocycles. The maximum Gasteiger partial charge on any atom is 0.410 e. The predicted molar refractivity (Wildman–Crippen MR) is 90.1 cm³/mol. The normalized spacial score (nSPS) is 24.0. The van der Waals surface area contributed by atoms with Crippen LogP contribution >= 0.6 is 0 Å². The number of carbonyl (C=O) groups excluding carboxylic acids is 1. The Hall–Kier alpha value is -2.04. The Morgan fingerprint density at radius 3 is 2.17 bits per heavy atom. The molecule has 1 N–H and O–H groups in total. The van der Waals surface area contributed by atoms with Gasteiger partial charge in [0.15, 0.2) is 0 Å². The largest absolute Gasteiger partial charge is 0.481 e. The van der Waals surface area contributed by atoms with E-state index >= 15 is 0 Å². The number of carboxylic acid groups (broad SMARTS) is 1. The summed E-state index contributed by atoms with van der Waals surface area (Å²) < 4.78 is 5.39. The highest BCUT2D eigenvalue weighted by Crippen LogP contribution is 2.41. The number of nitrogens with zero attached hydrogens (tertiary/aromatic N) is 1. The Labute approximate surface area is 142 Å². The second kappa shape index (κ2) is 6.11. The van der Waals surface area contributed by atoms with Gasteiger partial charge < -0.3 is 14.7 Å². The lowest BCUT2D eigenvalue weighted by Gasteiger charge is -2.24. The van der Waals surface area contributed by atoms with Crippen molar-refractivity contribution in [3.63, 3.8) is 0 Å². The van der Waals surface area contributed by atoms with Crippen molar-refractivity contribution in [1.82, 2.24) is 4.90 Å². The van der Waals surface area contributed by atoms with Crippen LogP contribution in [0, 0.1) is 5.92 Å². The molecule has 3 rings (SSSR count). The van der Waals surface area contributed by atoms with Crippen molar-refractivity contribution in [2.75, 3.05) is 13.1 Å². The highest BCUT2D eigenvalue weighted by molar-refractivity contribution is 5.76. The summed E-state index contributed by atoms with van der Waals surface area (Å²) in [6.45, 7) is 6.01. The van der Waals surface area contributed by atoms with Crippen LogP contribution in [0.4, 0.5) is 4.79 Å². The molecule has 1 aromatic rings. The zero-order chi connectivity index (χ0) is 17.5. The fraction of sp³-hybridized carbons (Fsp3) is 0.579. The van der Waals surface area contributed by atoms with Gasteiger partial charge in [0, 0.05) is 19.0 Å². The fourth-order valence-corrected chi connectivity index (χ4v) is 3.30. The third kappa shape index (κ3) is 3.71. The SMILES string of the molecule is CC(C)(C)OC(=O)N1CC(C(=O)O)C(c2ccc(C3CC3)cc2)C1. The monoisotopic (exact) mass is 331 g/mol. The van der Waals surface area contributed by atoms with Gasteiger partial charge in [0.05, 0.1) is 5.92 Å². The van der Waals surface area contributed by atoms with Crippen LogP contribution in [0.25, 0.3) is 0 Å². The molecule has 1 aliphatic carbocycles. The van der Waals surface area contributed by atoms with Crippen molar-refractivity contribution in [3.05, 3.63) is 35.4 Å². The smallest absolute Gasteiger partial charge is 0.410 e. The fourth-order valence-electron chi connectivity index (χ4n) is 3.30. The molecule has 5 heteroatoms. The average Bonchev–Trinajstić information content (AvgIpc) is 3.23. The maximum absolute atomic E-state index is 12.3. The molecule has 0 radical (unpaired) electrons. The van der Waals surface area contributed by atoms with Crippen LogP contribution < -0.4 is 0 Å². The quantitative estimate of drug-likeness (QED) is 0.919. The number of carbonyl (C=O) groups is 2. The van der Waals surface area contributed by atoms with Gasteiger partial charge in [-0.2, -0.15) is 0 Å². The summed E-state index contributed by atoms with van der Waals surface area (Å²) in [5.74, 6) is -0.971. The molecule has 1 amide bonds. The Kier molecular flexibility index (Phi) is 4.28. The first-order chi connectivity index (χ1) is 11.2.